The predicted octanol–water partition coefficient (Wildman–Crippen LogP) is 6.02. The lowest BCUT2D eigenvalue weighted by molar-refractivity contribution is 0.475. The van der Waals surface area contributed by atoms with E-state index in [1.807, 2.05) is 63.2 Å². The normalized spacial score (nSPS) is 11.8. The van der Waals surface area contributed by atoms with Crippen molar-refractivity contribution in [1.29, 1.82) is 0 Å². The van der Waals surface area contributed by atoms with Gasteiger partial charge >= 0.3 is 0 Å². The monoisotopic (exact) mass is 444 g/mol. The molecule has 0 spiro atoms. The van der Waals surface area contributed by atoms with Gasteiger partial charge in [-0.2, -0.15) is 0 Å². The van der Waals surface area contributed by atoms with Gasteiger partial charge in [0.15, 0.2) is 0 Å². The number of phenolic OH excluding ortho intramolecular Hbond substituents is 1. The van der Waals surface area contributed by atoms with Crippen molar-refractivity contribution in [3.05, 3.63) is 95.1 Å². The molecule has 162 valence electrons. The SMILES string of the molecule is Cc1cc(C)c(NS(=O)(=O)c2ccc(N=Cc3c(O)ccc4ccccc34)cc2)c(C)c1. The molecule has 0 aliphatic heterocycles. The van der Waals surface area contributed by atoms with Crippen molar-refractivity contribution in [3.8, 4) is 5.75 Å². The van der Waals surface area contributed by atoms with Crippen molar-refractivity contribution in [2.75, 3.05) is 4.72 Å². The number of anilines is 1. The molecule has 0 amide bonds. The Balaban J connectivity index is 1.59. The third-order valence-electron chi connectivity index (χ3n) is 5.35. The molecule has 0 atom stereocenters. The molecular weight excluding hydrogens is 420 g/mol. The maximum absolute atomic E-state index is 12.9. The third kappa shape index (κ3) is 4.36. The van der Waals surface area contributed by atoms with Gasteiger partial charge in [0.05, 0.1) is 16.3 Å². The first-order valence-corrected chi connectivity index (χ1v) is 11.7. The van der Waals surface area contributed by atoms with Crippen LogP contribution in [0.2, 0.25) is 0 Å². The van der Waals surface area contributed by atoms with E-state index in [4.69, 9.17) is 0 Å². The molecule has 0 saturated heterocycles. The van der Waals surface area contributed by atoms with E-state index in [2.05, 4.69) is 9.71 Å². The van der Waals surface area contributed by atoms with Crippen LogP contribution in [-0.2, 0) is 10.0 Å². The highest BCUT2D eigenvalue weighted by Gasteiger charge is 2.17. The Morgan fingerprint density at radius 1 is 0.875 bits per heavy atom. The Labute approximate surface area is 188 Å². The van der Waals surface area contributed by atoms with E-state index < -0.39 is 10.0 Å². The lowest BCUT2D eigenvalue weighted by atomic mass is 10.0. The number of hydrogen-bond donors (Lipinski definition) is 2. The lowest BCUT2D eigenvalue weighted by Crippen LogP contribution is -2.14. The summed E-state index contributed by atoms with van der Waals surface area (Å²) in [6.07, 6.45) is 1.60. The highest BCUT2D eigenvalue weighted by atomic mass is 32.2. The Bertz CT molecular complexity index is 1420. The molecule has 2 N–H and O–H groups in total. The molecule has 4 aromatic rings. The van der Waals surface area contributed by atoms with Crippen LogP contribution in [0, 0.1) is 20.8 Å². The largest absolute Gasteiger partial charge is 0.507 e. The van der Waals surface area contributed by atoms with Crippen LogP contribution in [0.3, 0.4) is 0 Å². The smallest absolute Gasteiger partial charge is 0.261 e. The van der Waals surface area contributed by atoms with Crippen LogP contribution < -0.4 is 4.72 Å². The van der Waals surface area contributed by atoms with Crippen LogP contribution in [0.25, 0.3) is 10.8 Å². The van der Waals surface area contributed by atoms with E-state index in [1.165, 1.54) is 12.1 Å². The van der Waals surface area contributed by atoms with Crippen molar-refractivity contribution in [2.45, 2.75) is 25.7 Å². The molecule has 6 heteroatoms. The lowest BCUT2D eigenvalue weighted by Gasteiger charge is -2.14. The first-order valence-electron chi connectivity index (χ1n) is 10.2. The van der Waals surface area contributed by atoms with Gasteiger partial charge < -0.3 is 5.11 Å². The van der Waals surface area contributed by atoms with Gasteiger partial charge in [0, 0.05) is 11.8 Å². The number of nitrogens with zero attached hydrogens (tertiary/aromatic N) is 1. The van der Waals surface area contributed by atoms with Crippen LogP contribution >= 0.6 is 0 Å². The topological polar surface area (TPSA) is 78.8 Å². The molecular formula is C26H24N2O3S. The molecule has 0 aliphatic carbocycles. The van der Waals surface area contributed by atoms with Gasteiger partial charge in [-0.05, 0) is 73.0 Å². The molecule has 5 nitrogen and oxygen atoms in total. The van der Waals surface area contributed by atoms with Gasteiger partial charge in [-0.1, -0.05) is 48.0 Å². The summed E-state index contributed by atoms with van der Waals surface area (Å²) in [7, 11) is -3.73. The van der Waals surface area contributed by atoms with E-state index >= 15 is 0 Å². The van der Waals surface area contributed by atoms with Crippen molar-refractivity contribution in [3.63, 3.8) is 0 Å². The summed E-state index contributed by atoms with van der Waals surface area (Å²) in [5.74, 6) is 0.139. The summed E-state index contributed by atoms with van der Waals surface area (Å²) < 4.78 is 28.5. The number of aromatic hydroxyl groups is 1. The molecule has 0 radical (unpaired) electrons. The Morgan fingerprint density at radius 2 is 1.53 bits per heavy atom. The summed E-state index contributed by atoms with van der Waals surface area (Å²) in [5, 5.41) is 12.2. The minimum absolute atomic E-state index is 0.139. The zero-order valence-electron chi connectivity index (χ0n) is 18.1. The minimum atomic E-state index is -3.73. The molecule has 4 aromatic carbocycles. The Kier molecular flexibility index (Phi) is 5.72. The highest BCUT2D eigenvalue weighted by Crippen LogP contribution is 2.28. The summed E-state index contributed by atoms with van der Waals surface area (Å²) in [5.41, 5.74) is 4.64. The first-order chi connectivity index (χ1) is 15.2. The van der Waals surface area contributed by atoms with Gasteiger partial charge in [-0.25, -0.2) is 8.42 Å². The predicted molar refractivity (Wildman–Crippen MR) is 131 cm³/mol. The van der Waals surface area contributed by atoms with Gasteiger partial charge in [0.25, 0.3) is 10.0 Å². The van der Waals surface area contributed by atoms with E-state index in [1.54, 1.807) is 24.4 Å². The molecule has 32 heavy (non-hydrogen) atoms. The van der Waals surface area contributed by atoms with E-state index in [0.717, 1.165) is 27.5 Å². The number of aryl methyl sites for hydroxylation is 3. The minimum Gasteiger partial charge on any atom is -0.507 e. The number of phenols is 1. The molecule has 0 aromatic heterocycles. The van der Waals surface area contributed by atoms with Crippen molar-refractivity contribution >= 4 is 38.4 Å². The fourth-order valence-electron chi connectivity index (χ4n) is 3.80. The summed E-state index contributed by atoms with van der Waals surface area (Å²) >= 11 is 0. The second-order valence-electron chi connectivity index (χ2n) is 7.85. The molecule has 0 fully saturated rings. The Hall–Kier alpha value is -3.64. The number of sulfonamides is 1. The van der Waals surface area contributed by atoms with Gasteiger partial charge in [0.1, 0.15) is 5.75 Å². The Morgan fingerprint density at radius 3 is 2.22 bits per heavy atom. The van der Waals surface area contributed by atoms with Crippen LogP contribution in [0.15, 0.2) is 82.7 Å². The maximum Gasteiger partial charge on any atom is 0.261 e. The second kappa shape index (κ2) is 8.48. The standard InChI is InChI=1S/C26H24N2O3S/c1-17-14-18(2)26(19(3)15-17)28-32(30,31)22-11-9-21(10-12-22)27-16-24-23-7-5-4-6-20(23)8-13-25(24)29/h4-16,28-29H,1-3H3. The van der Waals surface area contributed by atoms with Crippen molar-refractivity contribution in [2.24, 2.45) is 4.99 Å². The van der Waals surface area contributed by atoms with Crippen molar-refractivity contribution < 1.29 is 13.5 Å². The fraction of sp³-hybridized carbons (Fsp3) is 0.115. The molecule has 0 saturated carbocycles. The van der Waals surface area contributed by atoms with Crippen LogP contribution in [0.1, 0.15) is 22.3 Å². The van der Waals surface area contributed by atoms with E-state index in [-0.39, 0.29) is 10.6 Å². The van der Waals surface area contributed by atoms with E-state index in [0.29, 0.717) is 16.9 Å². The number of fused-ring (bicyclic) bond motifs is 1. The highest BCUT2D eigenvalue weighted by molar-refractivity contribution is 7.92. The average Bonchev–Trinajstić information content (AvgIpc) is 2.76. The zero-order chi connectivity index (χ0) is 22.9. The molecule has 0 unspecified atom stereocenters. The van der Waals surface area contributed by atoms with Gasteiger partial charge in [-0.15, -0.1) is 0 Å². The quantitative estimate of drug-likeness (QED) is 0.369. The van der Waals surface area contributed by atoms with E-state index in [9.17, 15) is 13.5 Å². The van der Waals surface area contributed by atoms with Crippen LogP contribution in [0.5, 0.6) is 5.75 Å². The van der Waals surface area contributed by atoms with Crippen LogP contribution in [0.4, 0.5) is 11.4 Å². The van der Waals surface area contributed by atoms with Crippen LogP contribution in [-0.4, -0.2) is 19.7 Å². The number of hydrogen-bond acceptors (Lipinski definition) is 4. The molecule has 4 rings (SSSR count). The summed E-state index contributed by atoms with van der Waals surface area (Å²) in [4.78, 5) is 4.59. The maximum atomic E-state index is 12.9. The fourth-order valence-corrected chi connectivity index (χ4v) is 5.01. The van der Waals surface area contributed by atoms with Crippen molar-refractivity contribution in [1.82, 2.24) is 0 Å². The second-order valence-corrected chi connectivity index (χ2v) is 9.53. The van der Waals surface area contributed by atoms with Gasteiger partial charge in [-0.3, -0.25) is 9.71 Å². The first kappa shape index (κ1) is 21.6. The number of benzene rings is 4. The third-order valence-corrected chi connectivity index (χ3v) is 6.72. The molecule has 0 heterocycles. The number of aliphatic imine (C=N–C) groups is 1. The number of nitrogens with one attached hydrogen (secondary N) is 1. The molecule has 0 bridgehead atoms. The summed E-state index contributed by atoms with van der Waals surface area (Å²) in [6.45, 7) is 5.76. The molecule has 0 aliphatic rings. The number of rotatable bonds is 5. The summed E-state index contributed by atoms with van der Waals surface area (Å²) in [6, 6.07) is 21.5. The zero-order valence-corrected chi connectivity index (χ0v) is 18.9. The van der Waals surface area contributed by atoms with Gasteiger partial charge in [0.2, 0.25) is 0 Å². The average molecular weight is 445 g/mol.